The van der Waals surface area contributed by atoms with E-state index in [1.807, 2.05) is 6.92 Å². The van der Waals surface area contributed by atoms with E-state index in [-0.39, 0.29) is 6.04 Å². The number of nitrogens with two attached hydrogens (primary N) is 1. The molecule has 6 heteroatoms. The van der Waals surface area contributed by atoms with Crippen LogP contribution in [0.4, 0.5) is 0 Å². The third-order valence-corrected chi connectivity index (χ3v) is 3.02. The molecule has 0 aliphatic rings. The van der Waals surface area contributed by atoms with Gasteiger partial charge in [-0.05, 0) is 6.92 Å². The molecule has 2 aromatic rings. The predicted octanol–water partition coefficient (Wildman–Crippen LogP) is 0.628. The van der Waals surface area contributed by atoms with Gasteiger partial charge in [-0.25, -0.2) is 4.98 Å². The lowest BCUT2D eigenvalue weighted by Crippen LogP contribution is -2.12. The van der Waals surface area contributed by atoms with Crippen molar-refractivity contribution in [2.75, 3.05) is 0 Å². The number of hydrogen-bond acceptors (Lipinski definition) is 5. The summed E-state index contributed by atoms with van der Waals surface area (Å²) in [7, 11) is 1.77. The van der Waals surface area contributed by atoms with Crippen LogP contribution in [0.2, 0.25) is 0 Å². The smallest absolute Gasteiger partial charge is 0.105 e. The molecule has 0 bridgehead atoms. The third-order valence-electron chi connectivity index (χ3n) is 2.00. The molecule has 5 nitrogen and oxygen atoms in total. The summed E-state index contributed by atoms with van der Waals surface area (Å²) >= 11 is 1.55. The van der Waals surface area contributed by atoms with E-state index in [9.17, 15) is 0 Å². The average Bonchev–Trinajstić information content (AvgIpc) is 2.73. The van der Waals surface area contributed by atoms with Gasteiger partial charge in [-0.3, -0.25) is 0 Å². The normalized spacial score (nSPS) is 13.1. The monoisotopic (exact) mass is 209 g/mol. The number of aromatic nitrogens is 4. The van der Waals surface area contributed by atoms with Crippen molar-refractivity contribution in [1.29, 1.82) is 0 Å². The molecular formula is C8H11N5S. The molecule has 2 N–H and O–H groups in total. The van der Waals surface area contributed by atoms with Gasteiger partial charge in [0.05, 0.1) is 28.3 Å². The van der Waals surface area contributed by atoms with Crippen LogP contribution in [0.5, 0.6) is 0 Å². The SMILES string of the molecule is Cc1ncsc1C(N)c1cnn(C)n1. The average molecular weight is 209 g/mol. The van der Waals surface area contributed by atoms with E-state index < -0.39 is 0 Å². The van der Waals surface area contributed by atoms with Gasteiger partial charge in [0.15, 0.2) is 0 Å². The Labute approximate surface area is 85.6 Å². The Morgan fingerprint density at radius 3 is 2.86 bits per heavy atom. The van der Waals surface area contributed by atoms with Crippen LogP contribution in [0.25, 0.3) is 0 Å². The van der Waals surface area contributed by atoms with E-state index in [1.165, 1.54) is 4.80 Å². The van der Waals surface area contributed by atoms with Crippen LogP contribution >= 0.6 is 11.3 Å². The summed E-state index contributed by atoms with van der Waals surface area (Å²) in [4.78, 5) is 6.71. The summed E-state index contributed by atoms with van der Waals surface area (Å²) in [6.07, 6.45) is 1.68. The van der Waals surface area contributed by atoms with Gasteiger partial charge in [-0.15, -0.1) is 11.3 Å². The van der Waals surface area contributed by atoms with Crippen molar-refractivity contribution in [3.63, 3.8) is 0 Å². The van der Waals surface area contributed by atoms with Gasteiger partial charge >= 0.3 is 0 Å². The van der Waals surface area contributed by atoms with Gasteiger partial charge in [-0.2, -0.15) is 15.0 Å². The second kappa shape index (κ2) is 3.47. The zero-order valence-electron chi connectivity index (χ0n) is 8.01. The molecule has 0 aromatic carbocycles. The fourth-order valence-electron chi connectivity index (χ4n) is 1.25. The molecule has 1 atom stereocenters. The first-order valence-corrected chi connectivity index (χ1v) is 5.08. The number of thiazole rings is 1. The molecule has 0 saturated carbocycles. The number of hydrogen-bond donors (Lipinski definition) is 1. The Kier molecular flexibility index (Phi) is 2.30. The third kappa shape index (κ3) is 1.53. The highest BCUT2D eigenvalue weighted by molar-refractivity contribution is 7.09. The number of nitrogens with zero attached hydrogens (tertiary/aromatic N) is 4. The van der Waals surface area contributed by atoms with Crippen LogP contribution in [0.1, 0.15) is 22.3 Å². The maximum Gasteiger partial charge on any atom is 0.105 e. The summed E-state index contributed by atoms with van der Waals surface area (Å²) < 4.78 is 0. The fraction of sp³-hybridized carbons (Fsp3) is 0.375. The van der Waals surface area contributed by atoms with Crippen LogP contribution in [-0.4, -0.2) is 20.0 Å². The molecule has 74 valence electrons. The molecule has 14 heavy (non-hydrogen) atoms. The Morgan fingerprint density at radius 2 is 2.36 bits per heavy atom. The Hall–Kier alpha value is -1.27. The first-order chi connectivity index (χ1) is 6.68. The molecule has 1 unspecified atom stereocenters. The van der Waals surface area contributed by atoms with E-state index in [2.05, 4.69) is 15.2 Å². The van der Waals surface area contributed by atoms with Crippen molar-refractivity contribution in [2.45, 2.75) is 13.0 Å². The Balaban J connectivity index is 2.33. The fourth-order valence-corrected chi connectivity index (χ4v) is 2.06. The summed E-state index contributed by atoms with van der Waals surface area (Å²) in [6, 6.07) is -0.212. The van der Waals surface area contributed by atoms with E-state index in [1.54, 1.807) is 30.1 Å². The zero-order chi connectivity index (χ0) is 10.1. The molecule has 2 rings (SSSR count). The zero-order valence-corrected chi connectivity index (χ0v) is 8.82. The van der Waals surface area contributed by atoms with Crippen LogP contribution in [0.3, 0.4) is 0 Å². The molecule has 0 fully saturated rings. The molecule has 0 saturated heterocycles. The lowest BCUT2D eigenvalue weighted by atomic mass is 10.2. The van der Waals surface area contributed by atoms with Crippen LogP contribution < -0.4 is 5.73 Å². The maximum absolute atomic E-state index is 6.03. The van der Waals surface area contributed by atoms with Crippen LogP contribution in [0, 0.1) is 6.92 Å². The molecule has 0 spiro atoms. The predicted molar refractivity (Wildman–Crippen MR) is 53.9 cm³/mol. The van der Waals surface area contributed by atoms with Crippen molar-refractivity contribution >= 4 is 11.3 Å². The number of rotatable bonds is 2. The van der Waals surface area contributed by atoms with E-state index >= 15 is 0 Å². The maximum atomic E-state index is 6.03. The van der Waals surface area contributed by atoms with Crippen LogP contribution in [-0.2, 0) is 7.05 Å². The second-order valence-corrected chi connectivity index (χ2v) is 3.92. The Bertz CT molecular complexity index is 432. The molecule has 0 amide bonds. The van der Waals surface area contributed by atoms with Gasteiger partial charge in [0, 0.05) is 7.05 Å². The summed E-state index contributed by atoms with van der Waals surface area (Å²) in [5, 5.41) is 8.15. The summed E-state index contributed by atoms with van der Waals surface area (Å²) in [6.45, 7) is 1.95. The highest BCUT2D eigenvalue weighted by Crippen LogP contribution is 2.23. The summed E-state index contributed by atoms with van der Waals surface area (Å²) in [5.41, 5.74) is 9.57. The van der Waals surface area contributed by atoms with Crippen molar-refractivity contribution in [1.82, 2.24) is 20.0 Å². The molecule has 2 heterocycles. The molecule has 2 aromatic heterocycles. The summed E-state index contributed by atoms with van der Waals surface area (Å²) in [5.74, 6) is 0. The highest BCUT2D eigenvalue weighted by atomic mass is 32.1. The largest absolute Gasteiger partial charge is 0.318 e. The molecule has 0 aliphatic heterocycles. The minimum atomic E-state index is -0.212. The van der Waals surface area contributed by atoms with Gasteiger partial charge in [0.25, 0.3) is 0 Å². The second-order valence-electron chi connectivity index (χ2n) is 3.04. The lowest BCUT2D eigenvalue weighted by molar-refractivity contribution is 0.638. The standard InChI is InChI=1S/C8H11N5S/c1-5-8(14-4-10-5)7(9)6-3-11-13(2)12-6/h3-4,7H,9H2,1-2H3. The first kappa shape index (κ1) is 9.29. The minimum absolute atomic E-state index is 0.212. The number of aryl methyl sites for hydroxylation is 2. The van der Waals surface area contributed by atoms with Crippen molar-refractivity contribution in [3.05, 3.63) is 28.0 Å². The lowest BCUT2D eigenvalue weighted by Gasteiger charge is -2.05. The van der Waals surface area contributed by atoms with E-state index in [4.69, 9.17) is 5.73 Å². The van der Waals surface area contributed by atoms with Gasteiger partial charge < -0.3 is 5.73 Å². The van der Waals surface area contributed by atoms with Crippen molar-refractivity contribution in [3.8, 4) is 0 Å². The minimum Gasteiger partial charge on any atom is -0.318 e. The quantitative estimate of drug-likeness (QED) is 0.787. The van der Waals surface area contributed by atoms with Gasteiger partial charge in [0.2, 0.25) is 0 Å². The van der Waals surface area contributed by atoms with Crippen LogP contribution in [0.15, 0.2) is 11.7 Å². The topological polar surface area (TPSA) is 69.6 Å². The van der Waals surface area contributed by atoms with Crippen molar-refractivity contribution in [2.24, 2.45) is 12.8 Å². The van der Waals surface area contributed by atoms with Gasteiger partial charge in [0.1, 0.15) is 5.69 Å². The van der Waals surface area contributed by atoms with E-state index in [0.717, 1.165) is 16.3 Å². The first-order valence-electron chi connectivity index (χ1n) is 4.20. The Morgan fingerprint density at radius 1 is 1.57 bits per heavy atom. The molecule has 0 aliphatic carbocycles. The van der Waals surface area contributed by atoms with E-state index in [0.29, 0.717) is 0 Å². The van der Waals surface area contributed by atoms with Crippen molar-refractivity contribution < 1.29 is 0 Å². The highest BCUT2D eigenvalue weighted by Gasteiger charge is 2.16. The molecular weight excluding hydrogens is 198 g/mol. The molecule has 0 radical (unpaired) electrons. The van der Waals surface area contributed by atoms with Gasteiger partial charge in [-0.1, -0.05) is 0 Å².